The lowest BCUT2D eigenvalue weighted by Gasteiger charge is -2.35. The van der Waals surface area contributed by atoms with Crippen LogP contribution >= 0.6 is 0 Å². The largest absolute Gasteiger partial charge is 0.353 e. The molecule has 0 aromatic rings. The molecule has 2 fully saturated rings. The second-order valence-corrected chi connectivity index (χ2v) is 7.05. The third-order valence-electron chi connectivity index (χ3n) is 5.25. The molecule has 0 spiro atoms. The van der Waals surface area contributed by atoms with Gasteiger partial charge in [0.1, 0.15) is 0 Å². The molecule has 0 aromatic carbocycles. The SMILES string of the molecule is CCCCC(=O)N1CCC(NC(=O)C2CCN(C(C)=O)CC2)CC1. The second-order valence-electron chi connectivity index (χ2n) is 7.05. The van der Waals surface area contributed by atoms with Crippen molar-refractivity contribution in [1.29, 1.82) is 0 Å². The van der Waals surface area contributed by atoms with E-state index in [1.54, 1.807) is 6.92 Å². The van der Waals surface area contributed by atoms with E-state index in [2.05, 4.69) is 12.2 Å². The first-order valence-corrected chi connectivity index (χ1v) is 9.35. The molecule has 3 amide bonds. The van der Waals surface area contributed by atoms with Gasteiger partial charge in [-0.1, -0.05) is 13.3 Å². The van der Waals surface area contributed by atoms with Crippen LogP contribution in [0.1, 0.15) is 58.8 Å². The van der Waals surface area contributed by atoms with Crippen LogP contribution in [0.5, 0.6) is 0 Å². The number of hydrogen-bond donors (Lipinski definition) is 1. The molecule has 0 saturated carbocycles. The third-order valence-corrected chi connectivity index (χ3v) is 5.25. The van der Waals surface area contributed by atoms with Crippen molar-refractivity contribution in [2.24, 2.45) is 5.92 Å². The number of carbonyl (C=O) groups is 3. The van der Waals surface area contributed by atoms with Gasteiger partial charge < -0.3 is 15.1 Å². The van der Waals surface area contributed by atoms with Gasteiger partial charge in [0, 0.05) is 51.5 Å². The highest BCUT2D eigenvalue weighted by Crippen LogP contribution is 2.19. The predicted molar refractivity (Wildman–Crippen MR) is 92.2 cm³/mol. The third kappa shape index (κ3) is 5.21. The van der Waals surface area contributed by atoms with Crippen LogP contribution in [0.2, 0.25) is 0 Å². The zero-order valence-corrected chi connectivity index (χ0v) is 15.1. The highest BCUT2D eigenvalue weighted by atomic mass is 16.2. The van der Waals surface area contributed by atoms with E-state index >= 15 is 0 Å². The first kappa shape index (κ1) is 18.7. The first-order chi connectivity index (χ1) is 11.5. The van der Waals surface area contributed by atoms with Crippen molar-refractivity contribution in [2.75, 3.05) is 26.2 Å². The number of hydrogen-bond acceptors (Lipinski definition) is 3. The Kier molecular flexibility index (Phi) is 7.06. The molecule has 2 heterocycles. The Morgan fingerprint density at radius 2 is 1.54 bits per heavy atom. The lowest BCUT2D eigenvalue weighted by molar-refractivity contribution is -0.135. The summed E-state index contributed by atoms with van der Waals surface area (Å²) in [5, 5.41) is 3.15. The minimum atomic E-state index is 0.0183. The monoisotopic (exact) mass is 337 g/mol. The molecule has 24 heavy (non-hydrogen) atoms. The molecule has 0 radical (unpaired) electrons. The highest BCUT2D eigenvalue weighted by molar-refractivity contribution is 5.80. The van der Waals surface area contributed by atoms with Crippen LogP contribution in [0.4, 0.5) is 0 Å². The fourth-order valence-electron chi connectivity index (χ4n) is 3.53. The number of rotatable bonds is 5. The van der Waals surface area contributed by atoms with Crippen LogP contribution < -0.4 is 5.32 Å². The Morgan fingerprint density at radius 3 is 2.08 bits per heavy atom. The summed E-state index contributed by atoms with van der Waals surface area (Å²) in [6.45, 7) is 6.52. The summed E-state index contributed by atoms with van der Waals surface area (Å²) < 4.78 is 0. The van der Waals surface area contributed by atoms with Gasteiger partial charge in [-0.15, -0.1) is 0 Å². The standard InChI is InChI=1S/C18H31N3O3/c1-3-4-5-17(23)21-12-8-16(9-13-21)19-18(24)15-6-10-20(11-7-15)14(2)22/h15-16H,3-13H2,1-2H3,(H,19,24). The Hall–Kier alpha value is -1.59. The summed E-state index contributed by atoms with van der Waals surface area (Å²) in [5.41, 5.74) is 0. The van der Waals surface area contributed by atoms with Crippen molar-refractivity contribution in [3.05, 3.63) is 0 Å². The van der Waals surface area contributed by atoms with E-state index in [1.807, 2.05) is 9.80 Å². The van der Waals surface area contributed by atoms with E-state index in [1.165, 1.54) is 0 Å². The van der Waals surface area contributed by atoms with Gasteiger partial charge in [0.15, 0.2) is 0 Å². The average Bonchev–Trinajstić information content (AvgIpc) is 2.60. The van der Waals surface area contributed by atoms with Gasteiger partial charge in [0.25, 0.3) is 0 Å². The van der Waals surface area contributed by atoms with Gasteiger partial charge in [-0.3, -0.25) is 14.4 Å². The van der Waals surface area contributed by atoms with Crippen LogP contribution in [0, 0.1) is 5.92 Å². The van der Waals surface area contributed by atoms with E-state index in [0.29, 0.717) is 19.5 Å². The zero-order valence-electron chi connectivity index (χ0n) is 15.1. The molecule has 6 heteroatoms. The molecular formula is C18H31N3O3. The number of likely N-dealkylation sites (tertiary alicyclic amines) is 2. The first-order valence-electron chi connectivity index (χ1n) is 9.35. The average molecular weight is 337 g/mol. The molecule has 0 aromatic heterocycles. The van der Waals surface area contributed by atoms with Gasteiger partial charge in [-0.2, -0.15) is 0 Å². The van der Waals surface area contributed by atoms with E-state index in [9.17, 15) is 14.4 Å². The lowest BCUT2D eigenvalue weighted by atomic mass is 9.94. The molecule has 136 valence electrons. The van der Waals surface area contributed by atoms with E-state index in [0.717, 1.165) is 51.6 Å². The molecular weight excluding hydrogens is 306 g/mol. The smallest absolute Gasteiger partial charge is 0.223 e. The summed E-state index contributed by atoms with van der Waals surface area (Å²) in [6.07, 6.45) is 5.82. The van der Waals surface area contributed by atoms with E-state index in [-0.39, 0.29) is 29.7 Å². The van der Waals surface area contributed by atoms with Crippen LogP contribution in [-0.2, 0) is 14.4 Å². The van der Waals surface area contributed by atoms with Crippen molar-refractivity contribution in [2.45, 2.75) is 64.8 Å². The minimum Gasteiger partial charge on any atom is -0.353 e. The molecule has 0 atom stereocenters. The van der Waals surface area contributed by atoms with Crippen molar-refractivity contribution < 1.29 is 14.4 Å². The summed E-state index contributed by atoms with van der Waals surface area (Å²) in [6, 6.07) is 0.179. The molecule has 0 aliphatic carbocycles. The zero-order chi connectivity index (χ0) is 17.5. The number of nitrogens with one attached hydrogen (secondary N) is 1. The van der Waals surface area contributed by atoms with Crippen LogP contribution in [-0.4, -0.2) is 59.7 Å². The van der Waals surface area contributed by atoms with Crippen LogP contribution in [0.15, 0.2) is 0 Å². The van der Waals surface area contributed by atoms with Gasteiger partial charge in [-0.05, 0) is 32.1 Å². The summed E-state index contributed by atoms with van der Waals surface area (Å²) in [7, 11) is 0. The van der Waals surface area contributed by atoms with Crippen molar-refractivity contribution >= 4 is 17.7 Å². The number of amides is 3. The number of unbranched alkanes of at least 4 members (excludes halogenated alkanes) is 1. The number of nitrogens with zero attached hydrogens (tertiary/aromatic N) is 2. The van der Waals surface area contributed by atoms with Crippen molar-refractivity contribution in [3.63, 3.8) is 0 Å². The fourth-order valence-corrected chi connectivity index (χ4v) is 3.53. The lowest BCUT2D eigenvalue weighted by Crippen LogP contribution is -2.49. The van der Waals surface area contributed by atoms with E-state index in [4.69, 9.17) is 0 Å². The molecule has 2 rings (SSSR count). The normalized spacial score (nSPS) is 20.1. The molecule has 0 unspecified atom stereocenters. The van der Waals surface area contributed by atoms with Gasteiger partial charge in [-0.25, -0.2) is 0 Å². The maximum atomic E-state index is 12.4. The predicted octanol–water partition coefficient (Wildman–Crippen LogP) is 1.54. The molecule has 2 saturated heterocycles. The van der Waals surface area contributed by atoms with Crippen molar-refractivity contribution in [1.82, 2.24) is 15.1 Å². The Morgan fingerprint density at radius 1 is 0.958 bits per heavy atom. The van der Waals surface area contributed by atoms with E-state index < -0.39 is 0 Å². The number of carbonyl (C=O) groups excluding carboxylic acids is 3. The van der Waals surface area contributed by atoms with Gasteiger partial charge >= 0.3 is 0 Å². The van der Waals surface area contributed by atoms with Crippen molar-refractivity contribution in [3.8, 4) is 0 Å². The Labute approximate surface area is 144 Å². The Bertz CT molecular complexity index is 450. The highest BCUT2D eigenvalue weighted by Gasteiger charge is 2.29. The molecule has 2 aliphatic rings. The molecule has 6 nitrogen and oxygen atoms in total. The fraction of sp³-hybridized carbons (Fsp3) is 0.833. The van der Waals surface area contributed by atoms with Gasteiger partial charge in [0.2, 0.25) is 17.7 Å². The Balaban J connectivity index is 1.69. The van der Waals surface area contributed by atoms with Crippen LogP contribution in [0.25, 0.3) is 0 Å². The molecule has 0 bridgehead atoms. The number of piperidine rings is 2. The minimum absolute atomic E-state index is 0.0183. The molecule has 1 N–H and O–H groups in total. The summed E-state index contributed by atoms with van der Waals surface area (Å²) in [4.78, 5) is 39.5. The summed E-state index contributed by atoms with van der Waals surface area (Å²) in [5.74, 6) is 0.478. The van der Waals surface area contributed by atoms with Crippen LogP contribution in [0.3, 0.4) is 0 Å². The summed E-state index contributed by atoms with van der Waals surface area (Å²) >= 11 is 0. The quantitative estimate of drug-likeness (QED) is 0.827. The second kappa shape index (κ2) is 9.04. The molecule has 2 aliphatic heterocycles. The maximum absolute atomic E-state index is 12.4. The maximum Gasteiger partial charge on any atom is 0.223 e. The topological polar surface area (TPSA) is 69.7 Å². The van der Waals surface area contributed by atoms with Gasteiger partial charge in [0.05, 0.1) is 0 Å².